The molecule has 0 aliphatic carbocycles. The molecule has 0 radical (unpaired) electrons. The highest BCUT2D eigenvalue weighted by Crippen LogP contribution is 2.26. The summed E-state index contributed by atoms with van der Waals surface area (Å²) in [5.74, 6) is -1.03. The first-order valence-corrected chi connectivity index (χ1v) is 10.3. The van der Waals surface area contributed by atoms with Crippen molar-refractivity contribution in [2.75, 3.05) is 13.6 Å². The van der Waals surface area contributed by atoms with Crippen LogP contribution in [0.5, 0.6) is 0 Å². The van der Waals surface area contributed by atoms with Crippen molar-refractivity contribution in [1.29, 1.82) is 0 Å². The zero-order valence-corrected chi connectivity index (χ0v) is 18.0. The molecule has 1 aromatic carbocycles. The van der Waals surface area contributed by atoms with E-state index in [0.29, 0.717) is 19.5 Å². The summed E-state index contributed by atoms with van der Waals surface area (Å²) in [6.45, 7) is 2.59. The lowest BCUT2D eigenvalue weighted by molar-refractivity contribution is -0.132. The number of carbonyl (C=O) groups excluding carboxylic acids is 3. The summed E-state index contributed by atoms with van der Waals surface area (Å²) < 4.78 is 1.44. The standard InChI is InChI=1S/C22H25N7O3/c1-22(21(32)25-11-15-6-4-3-5-7-15)13-29-18(20(31)28(22)2)10-17(27-29)19(30)24-9-8-16-12-23-14-26-16/h3-7,10,12,14H,8-9,11,13H2,1-2H3,(H,23,26)(H,24,30)(H,25,32). The second-order valence-electron chi connectivity index (χ2n) is 7.96. The van der Waals surface area contributed by atoms with Gasteiger partial charge in [-0.1, -0.05) is 30.3 Å². The molecule has 0 bridgehead atoms. The molecular weight excluding hydrogens is 410 g/mol. The molecule has 2 aromatic heterocycles. The maximum Gasteiger partial charge on any atom is 0.272 e. The number of benzene rings is 1. The van der Waals surface area contributed by atoms with Crippen LogP contribution in [0.2, 0.25) is 0 Å². The van der Waals surface area contributed by atoms with Gasteiger partial charge in [-0.15, -0.1) is 0 Å². The zero-order valence-electron chi connectivity index (χ0n) is 18.0. The van der Waals surface area contributed by atoms with Crippen LogP contribution in [0.1, 0.15) is 39.2 Å². The molecule has 1 aliphatic heterocycles. The molecule has 4 rings (SSSR count). The molecule has 1 atom stereocenters. The molecule has 32 heavy (non-hydrogen) atoms. The largest absolute Gasteiger partial charge is 0.350 e. The summed E-state index contributed by atoms with van der Waals surface area (Å²) >= 11 is 0. The van der Waals surface area contributed by atoms with Crippen molar-refractivity contribution in [1.82, 2.24) is 35.3 Å². The van der Waals surface area contributed by atoms with Gasteiger partial charge in [-0.3, -0.25) is 19.1 Å². The van der Waals surface area contributed by atoms with E-state index >= 15 is 0 Å². The van der Waals surface area contributed by atoms with Crippen molar-refractivity contribution in [2.45, 2.75) is 32.0 Å². The Bertz CT molecular complexity index is 1120. The lowest BCUT2D eigenvalue weighted by Gasteiger charge is -2.40. The van der Waals surface area contributed by atoms with Crippen LogP contribution >= 0.6 is 0 Å². The summed E-state index contributed by atoms with van der Waals surface area (Å²) in [6, 6.07) is 11.0. The minimum absolute atomic E-state index is 0.139. The van der Waals surface area contributed by atoms with Gasteiger partial charge in [-0.25, -0.2) is 4.98 Å². The first kappa shape index (κ1) is 21.3. The van der Waals surface area contributed by atoms with Gasteiger partial charge < -0.3 is 20.5 Å². The van der Waals surface area contributed by atoms with Gasteiger partial charge in [0, 0.05) is 44.5 Å². The molecule has 0 fully saturated rings. The van der Waals surface area contributed by atoms with E-state index in [2.05, 4.69) is 25.7 Å². The van der Waals surface area contributed by atoms with Gasteiger partial charge in [-0.2, -0.15) is 5.10 Å². The van der Waals surface area contributed by atoms with Gasteiger partial charge in [0.2, 0.25) is 5.91 Å². The monoisotopic (exact) mass is 435 g/mol. The Balaban J connectivity index is 1.44. The van der Waals surface area contributed by atoms with Crippen LogP contribution in [-0.4, -0.2) is 61.5 Å². The second-order valence-corrected chi connectivity index (χ2v) is 7.96. The van der Waals surface area contributed by atoms with E-state index in [-0.39, 0.29) is 35.7 Å². The summed E-state index contributed by atoms with van der Waals surface area (Å²) in [4.78, 5) is 46.8. The van der Waals surface area contributed by atoms with Crippen LogP contribution in [0.3, 0.4) is 0 Å². The number of rotatable bonds is 7. The number of aromatic amines is 1. The lowest BCUT2D eigenvalue weighted by Crippen LogP contribution is -2.62. The number of nitrogens with zero attached hydrogens (tertiary/aromatic N) is 4. The van der Waals surface area contributed by atoms with Crippen LogP contribution < -0.4 is 10.6 Å². The Morgan fingerprint density at radius 3 is 2.72 bits per heavy atom. The fraction of sp³-hybridized carbons (Fsp3) is 0.318. The highest BCUT2D eigenvalue weighted by molar-refractivity contribution is 6.01. The highest BCUT2D eigenvalue weighted by Gasteiger charge is 2.46. The van der Waals surface area contributed by atoms with E-state index in [1.807, 2.05) is 30.3 Å². The molecule has 1 unspecified atom stereocenters. The molecule has 1 aliphatic rings. The maximum atomic E-state index is 13.0. The van der Waals surface area contributed by atoms with E-state index in [0.717, 1.165) is 11.3 Å². The number of amides is 3. The third-order valence-corrected chi connectivity index (χ3v) is 5.75. The number of aromatic nitrogens is 4. The van der Waals surface area contributed by atoms with Crippen LogP contribution in [0, 0.1) is 0 Å². The van der Waals surface area contributed by atoms with Crippen molar-refractivity contribution in [3.8, 4) is 0 Å². The number of likely N-dealkylation sites (N-methyl/N-ethyl adjacent to an activating group) is 1. The van der Waals surface area contributed by atoms with Crippen molar-refractivity contribution in [3.05, 3.63) is 71.6 Å². The summed E-state index contributed by atoms with van der Waals surface area (Å²) in [5, 5.41) is 9.99. The van der Waals surface area contributed by atoms with E-state index in [1.165, 1.54) is 15.6 Å². The van der Waals surface area contributed by atoms with Crippen molar-refractivity contribution >= 4 is 17.7 Å². The minimum Gasteiger partial charge on any atom is -0.350 e. The summed E-state index contributed by atoms with van der Waals surface area (Å²) in [6.07, 6.45) is 3.87. The predicted octanol–water partition coefficient (Wildman–Crippen LogP) is 0.739. The van der Waals surface area contributed by atoms with Crippen molar-refractivity contribution < 1.29 is 14.4 Å². The van der Waals surface area contributed by atoms with Gasteiger partial charge in [0.05, 0.1) is 12.9 Å². The molecule has 10 nitrogen and oxygen atoms in total. The Labute approximate surface area is 185 Å². The molecule has 3 amide bonds. The van der Waals surface area contributed by atoms with E-state index < -0.39 is 5.54 Å². The smallest absolute Gasteiger partial charge is 0.272 e. The van der Waals surface area contributed by atoms with Gasteiger partial charge in [0.25, 0.3) is 11.8 Å². The Morgan fingerprint density at radius 1 is 1.22 bits per heavy atom. The fourth-order valence-corrected chi connectivity index (χ4v) is 3.63. The number of nitrogens with one attached hydrogen (secondary N) is 3. The number of imidazole rings is 1. The number of hydrogen-bond acceptors (Lipinski definition) is 5. The fourth-order valence-electron chi connectivity index (χ4n) is 3.63. The summed E-state index contributed by atoms with van der Waals surface area (Å²) in [7, 11) is 1.59. The van der Waals surface area contributed by atoms with E-state index in [1.54, 1.807) is 26.5 Å². The van der Waals surface area contributed by atoms with Crippen molar-refractivity contribution in [2.24, 2.45) is 0 Å². The topological polar surface area (TPSA) is 125 Å². The van der Waals surface area contributed by atoms with Gasteiger partial charge >= 0.3 is 0 Å². The van der Waals surface area contributed by atoms with Crippen molar-refractivity contribution in [3.63, 3.8) is 0 Å². The number of carbonyl (C=O) groups is 3. The predicted molar refractivity (Wildman–Crippen MR) is 116 cm³/mol. The lowest BCUT2D eigenvalue weighted by atomic mass is 9.96. The zero-order chi connectivity index (χ0) is 22.7. The third-order valence-electron chi connectivity index (χ3n) is 5.75. The molecule has 0 saturated heterocycles. The summed E-state index contributed by atoms with van der Waals surface area (Å²) in [5.41, 5.74) is 1.14. The van der Waals surface area contributed by atoms with Crippen LogP contribution in [0.4, 0.5) is 0 Å². The molecular formula is C22H25N7O3. The van der Waals surface area contributed by atoms with Gasteiger partial charge in [0.1, 0.15) is 11.2 Å². The number of H-pyrrole nitrogens is 1. The maximum absolute atomic E-state index is 13.0. The molecule has 0 spiro atoms. The minimum atomic E-state index is -1.14. The Kier molecular flexibility index (Phi) is 5.76. The number of fused-ring (bicyclic) bond motifs is 1. The normalized spacial score (nSPS) is 17.7. The highest BCUT2D eigenvalue weighted by atomic mass is 16.2. The van der Waals surface area contributed by atoms with Gasteiger partial charge in [-0.05, 0) is 12.5 Å². The quantitative estimate of drug-likeness (QED) is 0.505. The van der Waals surface area contributed by atoms with E-state index in [4.69, 9.17) is 0 Å². The SMILES string of the molecule is CN1C(=O)c2cc(C(=O)NCCc3cnc[nH]3)nn2CC1(C)C(=O)NCc1ccccc1. The van der Waals surface area contributed by atoms with Crippen LogP contribution in [0.25, 0.3) is 0 Å². The Morgan fingerprint density at radius 2 is 2.00 bits per heavy atom. The molecule has 10 heteroatoms. The molecule has 3 heterocycles. The average molecular weight is 435 g/mol. The molecule has 166 valence electrons. The molecule has 3 aromatic rings. The van der Waals surface area contributed by atoms with Gasteiger partial charge in [0.15, 0.2) is 5.69 Å². The first-order valence-electron chi connectivity index (χ1n) is 10.3. The number of hydrogen-bond donors (Lipinski definition) is 3. The van der Waals surface area contributed by atoms with Crippen LogP contribution in [0.15, 0.2) is 48.9 Å². The molecule has 0 saturated carbocycles. The average Bonchev–Trinajstić information content (AvgIpc) is 3.46. The Hall–Kier alpha value is -3.95. The van der Waals surface area contributed by atoms with Crippen LogP contribution in [-0.2, 0) is 24.3 Å². The first-order chi connectivity index (χ1) is 15.4. The second kappa shape index (κ2) is 8.66. The molecule has 3 N–H and O–H groups in total. The van der Waals surface area contributed by atoms with E-state index in [9.17, 15) is 14.4 Å². The third kappa shape index (κ3) is 4.11.